The number of para-hydroxylation sites is 1. The molecule has 0 heterocycles. The Morgan fingerprint density at radius 1 is 1.12 bits per heavy atom. The lowest BCUT2D eigenvalue weighted by Gasteiger charge is -2.30. The Morgan fingerprint density at radius 3 is 2.19 bits per heavy atom. The molecule has 0 aliphatic carbocycles. The van der Waals surface area contributed by atoms with E-state index < -0.39 is 22.0 Å². The molecule has 0 fully saturated rings. The van der Waals surface area contributed by atoms with Crippen LogP contribution in [0.1, 0.15) is 13.3 Å². The minimum atomic E-state index is -3.76. The molecule has 2 rings (SSSR count). The van der Waals surface area contributed by atoms with Gasteiger partial charge in [0.15, 0.2) is 0 Å². The molecule has 2 aromatic rings. The van der Waals surface area contributed by atoms with Crippen LogP contribution in [-0.4, -0.2) is 26.6 Å². The number of benzene rings is 2. The molecule has 1 amide bonds. The Morgan fingerprint density at radius 2 is 1.69 bits per heavy atom. The predicted molar refractivity (Wildman–Crippen MR) is 108 cm³/mol. The molecule has 1 atom stereocenters. The summed E-state index contributed by atoms with van der Waals surface area (Å²) in [5, 5.41) is 3.50. The molecule has 0 saturated heterocycles. The number of amides is 1. The zero-order valence-corrected chi connectivity index (χ0v) is 17.1. The largest absolute Gasteiger partial charge is 0.322 e. The van der Waals surface area contributed by atoms with E-state index in [0.717, 1.165) is 10.6 Å². The number of hydrogen-bond donors (Lipinski definition) is 1. The first-order chi connectivity index (χ1) is 12.1. The predicted octanol–water partition coefficient (Wildman–Crippen LogP) is 4.83. The van der Waals surface area contributed by atoms with E-state index in [1.807, 2.05) is 0 Å². The second kappa shape index (κ2) is 8.48. The highest BCUT2D eigenvalue weighted by Crippen LogP contribution is 2.31. The van der Waals surface area contributed by atoms with Gasteiger partial charge in [-0.1, -0.05) is 53.9 Å². The van der Waals surface area contributed by atoms with Gasteiger partial charge in [-0.2, -0.15) is 0 Å². The fraction of sp³-hybridized carbons (Fsp3) is 0.235. The summed E-state index contributed by atoms with van der Waals surface area (Å²) in [5.74, 6) is -0.548. The Hall–Kier alpha value is -1.47. The quantitative estimate of drug-likeness (QED) is 0.706. The molecule has 1 N–H and O–H groups in total. The van der Waals surface area contributed by atoms with E-state index in [1.165, 1.54) is 6.07 Å². The SMILES string of the molecule is CCC(C(=O)Nc1c(Cl)cccc1Cl)N(c1cccc(Cl)c1)S(C)(=O)=O. The van der Waals surface area contributed by atoms with Gasteiger partial charge in [0.05, 0.1) is 27.7 Å². The zero-order chi connectivity index (χ0) is 19.5. The van der Waals surface area contributed by atoms with E-state index in [2.05, 4.69) is 5.32 Å². The van der Waals surface area contributed by atoms with Crippen molar-refractivity contribution in [2.75, 3.05) is 15.9 Å². The number of nitrogens with zero attached hydrogens (tertiary/aromatic N) is 1. The smallest absolute Gasteiger partial charge is 0.248 e. The number of sulfonamides is 1. The second-order valence-corrected chi connectivity index (χ2v) is 8.66. The van der Waals surface area contributed by atoms with Crippen molar-refractivity contribution in [1.82, 2.24) is 0 Å². The van der Waals surface area contributed by atoms with E-state index in [4.69, 9.17) is 34.8 Å². The Labute approximate surface area is 167 Å². The fourth-order valence-corrected chi connectivity index (χ4v) is 4.38. The van der Waals surface area contributed by atoms with Crippen molar-refractivity contribution in [3.05, 3.63) is 57.5 Å². The summed E-state index contributed by atoms with van der Waals surface area (Å²) in [6, 6.07) is 10.1. The van der Waals surface area contributed by atoms with Crippen LogP contribution in [0.2, 0.25) is 15.1 Å². The number of carbonyl (C=O) groups is 1. The van der Waals surface area contributed by atoms with Gasteiger partial charge in [0.25, 0.3) is 0 Å². The summed E-state index contributed by atoms with van der Waals surface area (Å²) in [5.41, 5.74) is 0.533. The van der Waals surface area contributed by atoms with Gasteiger partial charge < -0.3 is 5.32 Å². The topological polar surface area (TPSA) is 66.5 Å². The Kier molecular flexibility index (Phi) is 6.80. The van der Waals surface area contributed by atoms with Crippen LogP contribution in [0.3, 0.4) is 0 Å². The molecule has 0 spiro atoms. The highest BCUT2D eigenvalue weighted by atomic mass is 35.5. The van der Waals surface area contributed by atoms with Gasteiger partial charge in [0, 0.05) is 5.02 Å². The molecule has 0 aliphatic rings. The standard InChI is InChI=1S/C17H17Cl3N2O3S/c1-3-15(17(23)21-16-13(19)8-5-9-14(16)20)22(26(2,24)25)12-7-4-6-11(18)10-12/h4-10,15H,3H2,1-2H3,(H,21,23). The summed E-state index contributed by atoms with van der Waals surface area (Å²) in [6.07, 6.45) is 1.26. The van der Waals surface area contributed by atoms with Crippen molar-refractivity contribution in [1.29, 1.82) is 0 Å². The van der Waals surface area contributed by atoms with Crippen LogP contribution in [0, 0.1) is 0 Å². The summed E-state index contributed by atoms with van der Waals surface area (Å²) >= 11 is 18.1. The molecule has 2 aromatic carbocycles. The maximum absolute atomic E-state index is 12.8. The molecule has 26 heavy (non-hydrogen) atoms. The molecular formula is C17H17Cl3N2O3S. The second-order valence-electron chi connectivity index (χ2n) is 5.55. The first kappa shape index (κ1) is 20.8. The molecular weight excluding hydrogens is 419 g/mol. The molecule has 1 unspecified atom stereocenters. The molecule has 0 saturated carbocycles. The lowest BCUT2D eigenvalue weighted by molar-refractivity contribution is -0.117. The third-order valence-electron chi connectivity index (χ3n) is 3.60. The molecule has 9 heteroatoms. The molecule has 0 bridgehead atoms. The monoisotopic (exact) mass is 434 g/mol. The molecule has 0 aliphatic heterocycles. The van der Waals surface area contributed by atoms with Crippen LogP contribution in [-0.2, 0) is 14.8 Å². The number of rotatable bonds is 6. The number of anilines is 2. The lowest BCUT2D eigenvalue weighted by atomic mass is 10.2. The summed E-state index contributed by atoms with van der Waals surface area (Å²) in [4.78, 5) is 12.8. The molecule has 5 nitrogen and oxygen atoms in total. The maximum atomic E-state index is 12.8. The molecule has 140 valence electrons. The van der Waals surface area contributed by atoms with Gasteiger partial charge in [0.1, 0.15) is 6.04 Å². The highest BCUT2D eigenvalue weighted by molar-refractivity contribution is 7.92. The van der Waals surface area contributed by atoms with Crippen molar-refractivity contribution >= 4 is 62.1 Å². The summed E-state index contributed by atoms with van der Waals surface area (Å²) < 4.78 is 25.8. The van der Waals surface area contributed by atoms with Gasteiger partial charge in [-0.25, -0.2) is 8.42 Å². The molecule has 0 radical (unpaired) electrons. The van der Waals surface area contributed by atoms with E-state index in [0.29, 0.717) is 10.7 Å². The van der Waals surface area contributed by atoms with E-state index in [-0.39, 0.29) is 22.2 Å². The first-order valence-electron chi connectivity index (χ1n) is 7.65. The Bertz CT molecular complexity index is 899. The van der Waals surface area contributed by atoms with Crippen molar-refractivity contribution in [3.8, 4) is 0 Å². The normalized spacial score (nSPS) is 12.5. The minimum absolute atomic E-state index is 0.230. The van der Waals surface area contributed by atoms with Crippen molar-refractivity contribution in [3.63, 3.8) is 0 Å². The average molecular weight is 436 g/mol. The minimum Gasteiger partial charge on any atom is -0.322 e. The molecule has 0 aromatic heterocycles. The van der Waals surface area contributed by atoms with Crippen LogP contribution in [0.15, 0.2) is 42.5 Å². The van der Waals surface area contributed by atoms with Gasteiger partial charge in [-0.15, -0.1) is 0 Å². The summed E-state index contributed by atoms with van der Waals surface area (Å²) in [7, 11) is -3.76. The van der Waals surface area contributed by atoms with E-state index >= 15 is 0 Å². The average Bonchev–Trinajstić information content (AvgIpc) is 2.54. The third kappa shape index (κ3) is 4.82. The third-order valence-corrected chi connectivity index (χ3v) is 5.65. The van der Waals surface area contributed by atoms with Crippen LogP contribution in [0.25, 0.3) is 0 Å². The maximum Gasteiger partial charge on any atom is 0.248 e. The van der Waals surface area contributed by atoms with Gasteiger partial charge in [0.2, 0.25) is 15.9 Å². The van der Waals surface area contributed by atoms with Gasteiger partial charge in [-0.05, 0) is 36.8 Å². The van der Waals surface area contributed by atoms with Crippen LogP contribution in [0.5, 0.6) is 0 Å². The number of hydrogen-bond acceptors (Lipinski definition) is 3. The van der Waals surface area contributed by atoms with Crippen LogP contribution >= 0.6 is 34.8 Å². The highest BCUT2D eigenvalue weighted by Gasteiger charge is 2.32. The Balaban J connectivity index is 2.43. The van der Waals surface area contributed by atoms with E-state index in [9.17, 15) is 13.2 Å². The number of halogens is 3. The summed E-state index contributed by atoms with van der Waals surface area (Å²) in [6.45, 7) is 1.71. The van der Waals surface area contributed by atoms with Crippen LogP contribution in [0.4, 0.5) is 11.4 Å². The number of carbonyl (C=O) groups excluding carboxylic acids is 1. The van der Waals surface area contributed by atoms with Crippen molar-refractivity contribution < 1.29 is 13.2 Å². The van der Waals surface area contributed by atoms with Crippen LogP contribution < -0.4 is 9.62 Å². The van der Waals surface area contributed by atoms with Gasteiger partial charge >= 0.3 is 0 Å². The fourth-order valence-electron chi connectivity index (χ4n) is 2.50. The zero-order valence-electron chi connectivity index (χ0n) is 14.0. The number of nitrogens with one attached hydrogen (secondary N) is 1. The first-order valence-corrected chi connectivity index (χ1v) is 10.6. The van der Waals surface area contributed by atoms with Gasteiger partial charge in [-0.3, -0.25) is 9.10 Å². The lowest BCUT2D eigenvalue weighted by Crippen LogP contribution is -2.47. The van der Waals surface area contributed by atoms with E-state index in [1.54, 1.807) is 43.3 Å². The van der Waals surface area contributed by atoms with Crippen molar-refractivity contribution in [2.45, 2.75) is 19.4 Å². The van der Waals surface area contributed by atoms with Crippen molar-refractivity contribution in [2.24, 2.45) is 0 Å².